The van der Waals surface area contributed by atoms with Crippen molar-refractivity contribution in [3.8, 4) is 0 Å². The second-order valence-corrected chi connectivity index (χ2v) is 5.79. The third-order valence-electron chi connectivity index (χ3n) is 3.19. The maximum absolute atomic E-state index is 10.5. The Kier molecular flexibility index (Phi) is 5.30. The van der Waals surface area contributed by atoms with Gasteiger partial charge < -0.3 is 10.8 Å². The number of nitrogens with two attached hydrogens (primary N) is 1. The minimum atomic E-state index is -0.816. The summed E-state index contributed by atoms with van der Waals surface area (Å²) >= 11 is 18.0. The van der Waals surface area contributed by atoms with Crippen LogP contribution in [0.4, 0.5) is 0 Å². The number of aliphatic hydroxyl groups is 1. The highest BCUT2D eigenvalue weighted by Gasteiger charge is 2.23. The molecule has 0 aromatic heterocycles. The van der Waals surface area contributed by atoms with Gasteiger partial charge in [0, 0.05) is 27.5 Å². The van der Waals surface area contributed by atoms with Crippen LogP contribution in [0.1, 0.15) is 23.1 Å². The number of hydrogen-bond acceptors (Lipinski definition) is 2. The van der Waals surface area contributed by atoms with E-state index in [9.17, 15) is 5.11 Å². The van der Waals surface area contributed by atoms with Crippen LogP contribution in [0.5, 0.6) is 0 Å². The number of aliphatic hydroxyl groups excluding tert-OH is 1. The van der Waals surface area contributed by atoms with Crippen molar-refractivity contribution < 1.29 is 5.11 Å². The Morgan fingerprint density at radius 2 is 1.70 bits per heavy atom. The standard InChI is InChI=1S/C15H14Cl3NO/c16-10-3-1-2-9(6-10)13(8-19)15(20)12-5-4-11(17)7-14(12)18/h1-7,13,15,20H,8,19H2. The van der Waals surface area contributed by atoms with Gasteiger partial charge in [0.15, 0.2) is 0 Å². The van der Waals surface area contributed by atoms with Crippen molar-refractivity contribution in [1.82, 2.24) is 0 Å². The van der Waals surface area contributed by atoms with Crippen LogP contribution >= 0.6 is 34.8 Å². The van der Waals surface area contributed by atoms with E-state index in [2.05, 4.69) is 0 Å². The molecule has 0 saturated carbocycles. The number of rotatable bonds is 4. The lowest BCUT2D eigenvalue weighted by atomic mass is 9.89. The zero-order valence-electron chi connectivity index (χ0n) is 10.6. The van der Waals surface area contributed by atoms with E-state index >= 15 is 0 Å². The van der Waals surface area contributed by atoms with Crippen molar-refractivity contribution in [3.05, 3.63) is 68.7 Å². The van der Waals surface area contributed by atoms with Gasteiger partial charge in [-0.15, -0.1) is 0 Å². The summed E-state index contributed by atoms with van der Waals surface area (Å²) in [7, 11) is 0. The van der Waals surface area contributed by atoms with Crippen LogP contribution in [0.15, 0.2) is 42.5 Å². The molecule has 0 amide bonds. The summed E-state index contributed by atoms with van der Waals surface area (Å²) in [4.78, 5) is 0. The lowest BCUT2D eigenvalue weighted by Crippen LogP contribution is -2.20. The van der Waals surface area contributed by atoms with Crippen LogP contribution in [0.2, 0.25) is 15.1 Å². The fourth-order valence-electron chi connectivity index (χ4n) is 2.14. The average molecular weight is 331 g/mol. The summed E-state index contributed by atoms with van der Waals surface area (Å²) in [5, 5.41) is 12.1. The molecule has 2 nitrogen and oxygen atoms in total. The van der Waals surface area contributed by atoms with Crippen LogP contribution in [-0.2, 0) is 0 Å². The molecule has 0 fully saturated rings. The van der Waals surface area contributed by atoms with Crippen molar-refractivity contribution in [1.29, 1.82) is 0 Å². The van der Waals surface area contributed by atoms with Gasteiger partial charge in [0.2, 0.25) is 0 Å². The molecule has 2 aromatic carbocycles. The molecule has 0 aliphatic heterocycles. The monoisotopic (exact) mass is 329 g/mol. The Labute approximate surface area is 133 Å². The van der Waals surface area contributed by atoms with Crippen molar-refractivity contribution in [3.63, 3.8) is 0 Å². The third kappa shape index (κ3) is 3.46. The van der Waals surface area contributed by atoms with E-state index < -0.39 is 6.10 Å². The molecule has 0 radical (unpaired) electrons. The van der Waals surface area contributed by atoms with E-state index in [-0.39, 0.29) is 12.5 Å². The topological polar surface area (TPSA) is 46.2 Å². The van der Waals surface area contributed by atoms with E-state index in [1.807, 2.05) is 12.1 Å². The van der Waals surface area contributed by atoms with E-state index in [0.29, 0.717) is 20.6 Å². The predicted molar refractivity (Wildman–Crippen MR) is 84.7 cm³/mol. The molecule has 2 atom stereocenters. The first-order chi connectivity index (χ1) is 9.52. The average Bonchev–Trinajstić information content (AvgIpc) is 2.39. The maximum atomic E-state index is 10.5. The molecule has 0 heterocycles. The Morgan fingerprint density at radius 1 is 1.00 bits per heavy atom. The van der Waals surface area contributed by atoms with E-state index in [4.69, 9.17) is 40.5 Å². The molecule has 3 N–H and O–H groups in total. The molecule has 5 heteroatoms. The fraction of sp³-hybridized carbons (Fsp3) is 0.200. The molecule has 0 aliphatic carbocycles. The smallest absolute Gasteiger partial charge is 0.0885 e. The summed E-state index contributed by atoms with van der Waals surface area (Å²) in [5.74, 6) is -0.285. The largest absolute Gasteiger partial charge is 0.388 e. The second kappa shape index (κ2) is 6.79. The van der Waals surface area contributed by atoms with E-state index in [0.717, 1.165) is 5.56 Å². The normalized spacial score (nSPS) is 14.1. The van der Waals surface area contributed by atoms with Gasteiger partial charge in [-0.25, -0.2) is 0 Å². The van der Waals surface area contributed by atoms with Crippen LogP contribution < -0.4 is 5.73 Å². The Hall–Kier alpha value is -0.770. The third-order valence-corrected chi connectivity index (χ3v) is 3.99. The molecular weight excluding hydrogens is 317 g/mol. The van der Waals surface area contributed by atoms with Gasteiger partial charge in [-0.3, -0.25) is 0 Å². The van der Waals surface area contributed by atoms with Crippen molar-refractivity contribution >= 4 is 34.8 Å². The molecule has 0 aliphatic rings. The van der Waals surface area contributed by atoms with Gasteiger partial charge in [-0.2, -0.15) is 0 Å². The molecule has 0 saturated heterocycles. The fourth-order valence-corrected chi connectivity index (χ4v) is 2.86. The lowest BCUT2D eigenvalue weighted by molar-refractivity contribution is 0.147. The summed E-state index contributed by atoms with van der Waals surface area (Å²) in [5.41, 5.74) is 7.28. The number of benzene rings is 2. The molecule has 2 rings (SSSR count). The van der Waals surface area contributed by atoms with Crippen LogP contribution in [0.3, 0.4) is 0 Å². The molecule has 0 bridgehead atoms. The van der Waals surface area contributed by atoms with Crippen LogP contribution in [0.25, 0.3) is 0 Å². The first kappa shape index (κ1) is 15.6. The van der Waals surface area contributed by atoms with Gasteiger partial charge in [-0.05, 0) is 35.4 Å². The molecular formula is C15H14Cl3NO. The van der Waals surface area contributed by atoms with Crippen LogP contribution in [0, 0.1) is 0 Å². The summed E-state index contributed by atoms with van der Waals surface area (Å²) in [6.45, 7) is 0.278. The first-order valence-electron chi connectivity index (χ1n) is 6.11. The quantitative estimate of drug-likeness (QED) is 0.871. The van der Waals surface area contributed by atoms with Gasteiger partial charge in [0.1, 0.15) is 0 Å². The van der Waals surface area contributed by atoms with E-state index in [1.54, 1.807) is 30.3 Å². The molecule has 2 aromatic rings. The number of halogens is 3. The zero-order valence-corrected chi connectivity index (χ0v) is 12.8. The minimum absolute atomic E-state index is 0.278. The van der Waals surface area contributed by atoms with Crippen molar-refractivity contribution in [2.75, 3.05) is 6.54 Å². The summed E-state index contributed by atoms with van der Waals surface area (Å²) < 4.78 is 0. The Bertz CT molecular complexity index is 603. The first-order valence-corrected chi connectivity index (χ1v) is 7.25. The minimum Gasteiger partial charge on any atom is -0.388 e. The Morgan fingerprint density at radius 3 is 2.30 bits per heavy atom. The van der Waals surface area contributed by atoms with Crippen molar-refractivity contribution in [2.24, 2.45) is 5.73 Å². The SMILES string of the molecule is NCC(c1cccc(Cl)c1)C(O)c1ccc(Cl)cc1Cl. The Balaban J connectivity index is 2.36. The molecule has 20 heavy (non-hydrogen) atoms. The van der Waals surface area contributed by atoms with Crippen LogP contribution in [-0.4, -0.2) is 11.7 Å². The molecule has 106 valence electrons. The van der Waals surface area contributed by atoms with Gasteiger partial charge in [0.25, 0.3) is 0 Å². The lowest BCUT2D eigenvalue weighted by Gasteiger charge is -2.23. The highest BCUT2D eigenvalue weighted by atomic mass is 35.5. The van der Waals surface area contributed by atoms with Gasteiger partial charge in [0.05, 0.1) is 6.10 Å². The number of hydrogen-bond donors (Lipinski definition) is 2. The second-order valence-electron chi connectivity index (χ2n) is 4.51. The summed E-state index contributed by atoms with van der Waals surface area (Å²) in [6, 6.07) is 12.3. The molecule has 0 spiro atoms. The highest BCUT2D eigenvalue weighted by Crippen LogP contribution is 2.35. The van der Waals surface area contributed by atoms with E-state index in [1.165, 1.54) is 0 Å². The predicted octanol–water partition coefficient (Wildman–Crippen LogP) is 4.42. The maximum Gasteiger partial charge on any atom is 0.0885 e. The van der Waals surface area contributed by atoms with Crippen molar-refractivity contribution in [2.45, 2.75) is 12.0 Å². The zero-order chi connectivity index (χ0) is 14.7. The van der Waals surface area contributed by atoms with Gasteiger partial charge >= 0.3 is 0 Å². The highest BCUT2D eigenvalue weighted by molar-refractivity contribution is 6.35. The van der Waals surface area contributed by atoms with Gasteiger partial charge in [-0.1, -0.05) is 53.0 Å². The summed E-state index contributed by atoms with van der Waals surface area (Å²) in [6.07, 6.45) is -0.816. The molecule has 2 unspecified atom stereocenters.